The third-order valence-electron chi connectivity index (χ3n) is 4.05. The van der Waals surface area contributed by atoms with E-state index in [0.717, 1.165) is 31.1 Å². The van der Waals surface area contributed by atoms with Crippen LogP contribution >= 0.6 is 0 Å². The Hall–Kier alpha value is -2.45. The van der Waals surface area contributed by atoms with E-state index in [1.807, 2.05) is 6.07 Å². The van der Waals surface area contributed by atoms with Gasteiger partial charge in [-0.05, 0) is 54.8 Å². The quantitative estimate of drug-likeness (QED) is 0.939. The highest BCUT2D eigenvalue weighted by Crippen LogP contribution is 2.25. The first kappa shape index (κ1) is 15.4. The van der Waals surface area contributed by atoms with Crippen LogP contribution in [0.2, 0.25) is 0 Å². The molecule has 0 radical (unpaired) electrons. The smallest absolute Gasteiger partial charge is 0.166 e. The molecule has 3 nitrogen and oxygen atoms in total. The van der Waals surface area contributed by atoms with E-state index in [-0.39, 0.29) is 23.7 Å². The van der Waals surface area contributed by atoms with E-state index >= 15 is 0 Å². The highest BCUT2D eigenvalue weighted by atomic mass is 19.1. The molecule has 0 saturated carbocycles. The zero-order chi connectivity index (χ0) is 16.2. The summed E-state index contributed by atoms with van der Waals surface area (Å²) in [5, 5.41) is 12.0. The Labute approximate surface area is 133 Å². The molecule has 1 aliphatic heterocycles. The van der Waals surface area contributed by atoms with Gasteiger partial charge in [0.1, 0.15) is 12.4 Å². The van der Waals surface area contributed by atoms with E-state index in [1.165, 1.54) is 18.2 Å². The lowest BCUT2D eigenvalue weighted by atomic mass is 9.96. The Kier molecular flexibility index (Phi) is 4.54. The van der Waals surface area contributed by atoms with Gasteiger partial charge < -0.3 is 10.1 Å². The lowest BCUT2D eigenvalue weighted by molar-refractivity contribution is 0.284. The molecule has 0 aromatic heterocycles. The van der Waals surface area contributed by atoms with E-state index in [0.29, 0.717) is 11.5 Å². The fourth-order valence-electron chi connectivity index (χ4n) is 2.74. The lowest BCUT2D eigenvalue weighted by Crippen LogP contribution is -2.09. The predicted octanol–water partition coefficient (Wildman–Crippen LogP) is 3.49. The molecule has 1 heterocycles. The van der Waals surface area contributed by atoms with Gasteiger partial charge >= 0.3 is 0 Å². The van der Waals surface area contributed by atoms with Crippen molar-refractivity contribution in [2.24, 2.45) is 0 Å². The van der Waals surface area contributed by atoms with E-state index < -0.39 is 5.82 Å². The standard InChI is InChI=1S/C18H16F2N2O/c19-16-3-2-13(14-5-6-22-10-14)8-15(16)11-23-18-4-1-12(9-21)7-17(18)20/h1-4,7-8,14,22H,5-6,10-11H2/t14-/m1/s1. The largest absolute Gasteiger partial charge is 0.486 e. The van der Waals surface area contributed by atoms with Crippen LogP contribution in [0.1, 0.15) is 29.0 Å². The minimum Gasteiger partial charge on any atom is -0.486 e. The van der Waals surface area contributed by atoms with E-state index in [1.54, 1.807) is 12.1 Å². The molecule has 1 saturated heterocycles. The predicted molar refractivity (Wildman–Crippen MR) is 82.1 cm³/mol. The molecule has 1 aliphatic rings. The fraction of sp³-hybridized carbons (Fsp3) is 0.278. The Morgan fingerprint density at radius 2 is 2.04 bits per heavy atom. The van der Waals surface area contributed by atoms with Crippen LogP contribution in [0.5, 0.6) is 5.75 Å². The summed E-state index contributed by atoms with van der Waals surface area (Å²) in [7, 11) is 0. The Balaban J connectivity index is 1.75. The number of hydrogen-bond donors (Lipinski definition) is 1. The van der Waals surface area contributed by atoms with Crippen LogP contribution in [0.4, 0.5) is 8.78 Å². The number of benzene rings is 2. The van der Waals surface area contributed by atoms with Crippen LogP contribution in [0.15, 0.2) is 36.4 Å². The summed E-state index contributed by atoms with van der Waals surface area (Å²) in [6, 6.07) is 10.8. The zero-order valence-corrected chi connectivity index (χ0v) is 12.5. The molecule has 0 bridgehead atoms. The Morgan fingerprint density at radius 3 is 2.74 bits per heavy atom. The van der Waals surface area contributed by atoms with Gasteiger partial charge in [0, 0.05) is 12.1 Å². The maximum Gasteiger partial charge on any atom is 0.166 e. The molecule has 2 aromatic carbocycles. The average Bonchev–Trinajstić information content (AvgIpc) is 3.09. The van der Waals surface area contributed by atoms with Crippen molar-refractivity contribution in [3.63, 3.8) is 0 Å². The summed E-state index contributed by atoms with van der Waals surface area (Å²) in [5.41, 5.74) is 1.69. The second-order valence-electron chi connectivity index (χ2n) is 5.59. The number of ether oxygens (including phenoxy) is 1. The van der Waals surface area contributed by atoms with Crippen molar-refractivity contribution < 1.29 is 13.5 Å². The summed E-state index contributed by atoms with van der Waals surface area (Å²) in [6.07, 6.45) is 1.02. The van der Waals surface area contributed by atoms with Gasteiger partial charge in [-0.3, -0.25) is 0 Å². The second-order valence-corrected chi connectivity index (χ2v) is 5.59. The number of nitriles is 1. The SMILES string of the molecule is N#Cc1ccc(OCc2cc([C@@H]3CCNC3)ccc2F)c(F)c1. The third-order valence-corrected chi connectivity index (χ3v) is 4.05. The first-order chi connectivity index (χ1) is 11.2. The topological polar surface area (TPSA) is 45.0 Å². The van der Waals surface area contributed by atoms with Gasteiger partial charge in [-0.15, -0.1) is 0 Å². The fourth-order valence-corrected chi connectivity index (χ4v) is 2.74. The van der Waals surface area contributed by atoms with Gasteiger partial charge in [0.25, 0.3) is 0 Å². The van der Waals surface area contributed by atoms with E-state index in [9.17, 15) is 8.78 Å². The van der Waals surface area contributed by atoms with Crippen LogP contribution in [-0.2, 0) is 6.61 Å². The first-order valence-corrected chi connectivity index (χ1v) is 7.49. The molecule has 0 amide bonds. The maximum absolute atomic E-state index is 13.9. The highest BCUT2D eigenvalue weighted by Gasteiger charge is 2.18. The molecule has 0 spiro atoms. The van der Waals surface area contributed by atoms with Gasteiger partial charge in [0.2, 0.25) is 0 Å². The third kappa shape index (κ3) is 3.49. The van der Waals surface area contributed by atoms with Crippen LogP contribution in [-0.4, -0.2) is 13.1 Å². The van der Waals surface area contributed by atoms with Gasteiger partial charge in [-0.2, -0.15) is 5.26 Å². The molecule has 1 atom stereocenters. The minimum atomic E-state index is -0.624. The number of nitrogens with zero attached hydrogens (tertiary/aromatic N) is 1. The van der Waals surface area contributed by atoms with Crippen LogP contribution in [0.3, 0.4) is 0 Å². The summed E-state index contributed by atoms with van der Waals surface area (Å²) in [6.45, 7) is 1.79. The molecule has 1 fully saturated rings. The average molecular weight is 314 g/mol. The Morgan fingerprint density at radius 1 is 1.17 bits per heavy atom. The van der Waals surface area contributed by atoms with Crippen molar-refractivity contribution in [3.8, 4) is 11.8 Å². The molecule has 118 valence electrons. The molecule has 0 aliphatic carbocycles. The molecular weight excluding hydrogens is 298 g/mol. The van der Waals surface area contributed by atoms with Crippen LogP contribution < -0.4 is 10.1 Å². The van der Waals surface area contributed by atoms with Gasteiger partial charge in [-0.25, -0.2) is 8.78 Å². The molecule has 2 aromatic rings. The monoisotopic (exact) mass is 314 g/mol. The van der Waals surface area contributed by atoms with Crippen LogP contribution in [0, 0.1) is 23.0 Å². The summed E-state index contributed by atoms with van der Waals surface area (Å²) in [4.78, 5) is 0. The number of hydrogen-bond acceptors (Lipinski definition) is 3. The van der Waals surface area contributed by atoms with Gasteiger partial charge in [-0.1, -0.05) is 6.07 Å². The summed E-state index contributed by atoms with van der Waals surface area (Å²) in [5.74, 6) is -0.605. The molecule has 1 N–H and O–H groups in total. The lowest BCUT2D eigenvalue weighted by Gasteiger charge is -2.13. The van der Waals surface area contributed by atoms with Crippen LogP contribution in [0.25, 0.3) is 0 Å². The van der Waals surface area contributed by atoms with E-state index in [4.69, 9.17) is 10.00 Å². The molecule has 23 heavy (non-hydrogen) atoms. The van der Waals surface area contributed by atoms with Gasteiger partial charge in [0.15, 0.2) is 11.6 Å². The molecule has 0 unspecified atom stereocenters. The summed E-state index contributed by atoms with van der Waals surface area (Å²) >= 11 is 0. The second kappa shape index (κ2) is 6.76. The normalized spacial score (nSPS) is 17.0. The number of nitrogens with one attached hydrogen (secondary N) is 1. The van der Waals surface area contributed by atoms with Crippen molar-refractivity contribution >= 4 is 0 Å². The van der Waals surface area contributed by atoms with Crippen molar-refractivity contribution in [1.82, 2.24) is 5.32 Å². The molecule has 3 rings (SSSR count). The maximum atomic E-state index is 13.9. The van der Waals surface area contributed by atoms with Crippen molar-refractivity contribution in [3.05, 3.63) is 64.7 Å². The van der Waals surface area contributed by atoms with Crippen molar-refractivity contribution in [2.75, 3.05) is 13.1 Å². The number of rotatable bonds is 4. The van der Waals surface area contributed by atoms with Crippen molar-refractivity contribution in [1.29, 1.82) is 5.26 Å². The molecule has 5 heteroatoms. The van der Waals surface area contributed by atoms with Crippen molar-refractivity contribution in [2.45, 2.75) is 18.9 Å². The Bertz CT molecular complexity index is 749. The van der Waals surface area contributed by atoms with Gasteiger partial charge in [0.05, 0.1) is 11.6 Å². The minimum absolute atomic E-state index is 0.0105. The number of halogens is 2. The van der Waals surface area contributed by atoms with E-state index in [2.05, 4.69) is 5.32 Å². The zero-order valence-electron chi connectivity index (χ0n) is 12.5. The highest BCUT2D eigenvalue weighted by molar-refractivity contribution is 5.36. The summed E-state index contributed by atoms with van der Waals surface area (Å²) < 4.78 is 33.1. The first-order valence-electron chi connectivity index (χ1n) is 7.49. The molecular formula is C18H16F2N2O.